The lowest BCUT2D eigenvalue weighted by Crippen LogP contribution is -2.11. The molecule has 1 rings (SSSR count). The monoisotopic (exact) mass is 273 g/mol. The van der Waals surface area contributed by atoms with Crippen molar-refractivity contribution in [1.82, 2.24) is 0 Å². The highest BCUT2D eigenvalue weighted by Crippen LogP contribution is 2.18. The van der Waals surface area contributed by atoms with E-state index in [-0.39, 0.29) is 17.6 Å². The van der Waals surface area contributed by atoms with Crippen LogP contribution in [0.25, 0.3) is 0 Å². The van der Waals surface area contributed by atoms with Crippen LogP contribution < -0.4 is 10.5 Å². The van der Waals surface area contributed by atoms with Gasteiger partial charge in [-0.05, 0) is 51.1 Å². The van der Waals surface area contributed by atoms with Crippen molar-refractivity contribution in [3.63, 3.8) is 0 Å². The SMILES string of the molecule is CC(C)Oc1ccc(S(=O)(=O)OCCCN)cc1. The molecule has 0 spiro atoms. The summed E-state index contributed by atoms with van der Waals surface area (Å²) in [5.41, 5.74) is 5.27. The van der Waals surface area contributed by atoms with Gasteiger partial charge in [-0.1, -0.05) is 0 Å². The van der Waals surface area contributed by atoms with E-state index < -0.39 is 10.1 Å². The minimum atomic E-state index is -3.69. The first kappa shape index (κ1) is 14.9. The van der Waals surface area contributed by atoms with Crippen molar-refractivity contribution >= 4 is 10.1 Å². The second-order valence-electron chi connectivity index (χ2n) is 4.06. The van der Waals surface area contributed by atoms with Gasteiger partial charge in [0.1, 0.15) is 5.75 Å². The molecule has 0 radical (unpaired) electrons. The maximum atomic E-state index is 11.7. The lowest BCUT2D eigenvalue weighted by molar-refractivity contribution is 0.242. The fraction of sp³-hybridized carbons (Fsp3) is 0.500. The summed E-state index contributed by atoms with van der Waals surface area (Å²) in [5.74, 6) is 0.630. The molecule has 1 aromatic carbocycles. The van der Waals surface area contributed by atoms with Gasteiger partial charge in [-0.15, -0.1) is 0 Å². The molecule has 5 nitrogen and oxygen atoms in total. The van der Waals surface area contributed by atoms with Crippen LogP contribution >= 0.6 is 0 Å². The Labute approximate surface area is 108 Å². The highest BCUT2D eigenvalue weighted by molar-refractivity contribution is 7.86. The lowest BCUT2D eigenvalue weighted by atomic mass is 10.3. The summed E-state index contributed by atoms with van der Waals surface area (Å²) in [4.78, 5) is 0.121. The molecule has 0 aromatic heterocycles. The molecule has 18 heavy (non-hydrogen) atoms. The van der Waals surface area contributed by atoms with E-state index in [4.69, 9.17) is 14.7 Å². The van der Waals surface area contributed by atoms with Gasteiger partial charge in [-0.3, -0.25) is 4.18 Å². The van der Waals surface area contributed by atoms with Crippen LogP contribution in [0.2, 0.25) is 0 Å². The van der Waals surface area contributed by atoms with Crippen LogP contribution in [0.3, 0.4) is 0 Å². The van der Waals surface area contributed by atoms with Gasteiger partial charge in [0.05, 0.1) is 17.6 Å². The molecule has 0 aliphatic rings. The predicted molar refractivity (Wildman–Crippen MR) is 69.0 cm³/mol. The van der Waals surface area contributed by atoms with Gasteiger partial charge in [0.15, 0.2) is 0 Å². The molecule has 0 saturated heterocycles. The predicted octanol–water partition coefficient (Wildman–Crippen LogP) is 1.53. The van der Waals surface area contributed by atoms with E-state index in [9.17, 15) is 8.42 Å². The zero-order chi connectivity index (χ0) is 13.6. The lowest BCUT2D eigenvalue weighted by Gasteiger charge is -2.10. The van der Waals surface area contributed by atoms with Crippen LogP contribution in [0.15, 0.2) is 29.2 Å². The van der Waals surface area contributed by atoms with Crippen molar-refractivity contribution in [3.05, 3.63) is 24.3 Å². The quantitative estimate of drug-likeness (QED) is 0.602. The Morgan fingerprint density at radius 2 is 1.83 bits per heavy atom. The molecule has 0 unspecified atom stereocenters. The number of hydrogen-bond donors (Lipinski definition) is 1. The molecule has 0 bridgehead atoms. The first-order valence-corrected chi connectivity index (χ1v) is 7.23. The third-order valence-electron chi connectivity index (χ3n) is 2.07. The molecular formula is C12H19NO4S. The second-order valence-corrected chi connectivity index (χ2v) is 5.67. The summed E-state index contributed by atoms with van der Waals surface area (Å²) in [6.07, 6.45) is 0.557. The normalized spacial score (nSPS) is 11.8. The molecule has 102 valence electrons. The summed E-state index contributed by atoms with van der Waals surface area (Å²) in [7, 11) is -3.69. The summed E-state index contributed by atoms with van der Waals surface area (Å²) in [6, 6.07) is 6.16. The third kappa shape index (κ3) is 4.64. The smallest absolute Gasteiger partial charge is 0.296 e. The molecule has 0 amide bonds. The Morgan fingerprint density at radius 3 is 2.33 bits per heavy atom. The molecule has 0 aliphatic carbocycles. The fourth-order valence-electron chi connectivity index (χ4n) is 1.28. The molecule has 2 N–H and O–H groups in total. The van der Waals surface area contributed by atoms with E-state index >= 15 is 0 Å². The van der Waals surface area contributed by atoms with Crippen molar-refractivity contribution < 1.29 is 17.3 Å². The first-order valence-electron chi connectivity index (χ1n) is 5.82. The number of rotatable bonds is 7. The average molecular weight is 273 g/mol. The van der Waals surface area contributed by atoms with E-state index in [0.717, 1.165) is 0 Å². The molecule has 0 aliphatic heterocycles. The van der Waals surface area contributed by atoms with E-state index in [0.29, 0.717) is 18.7 Å². The maximum Gasteiger partial charge on any atom is 0.296 e. The fourth-order valence-corrected chi connectivity index (χ4v) is 2.22. The molecular weight excluding hydrogens is 254 g/mol. The van der Waals surface area contributed by atoms with Gasteiger partial charge < -0.3 is 10.5 Å². The molecule has 0 heterocycles. The Kier molecular flexibility index (Phi) is 5.58. The van der Waals surface area contributed by atoms with Gasteiger partial charge in [0.25, 0.3) is 10.1 Å². The summed E-state index contributed by atoms with van der Waals surface area (Å²) < 4.78 is 33.7. The molecule has 0 atom stereocenters. The summed E-state index contributed by atoms with van der Waals surface area (Å²) >= 11 is 0. The topological polar surface area (TPSA) is 78.6 Å². The highest BCUT2D eigenvalue weighted by atomic mass is 32.2. The Hall–Kier alpha value is -1.11. The largest absolute Gasteiger partial charge is 0.491 e. The van der Waals surface area contributed by atoms with Crippen LogP contribution in [-0.4, -0.2) is 27.7 Å². The van der Waals surface area contributed by atoms with Gasteiger partial charge in [-0.2, -0.15) is 8.42 Å². The summed E-state index contributed by atoms with van der Waals surface area (Å²) in [5, 5.41) is 0. The van der Waals surface area contributed by atoms with Crippen molar-refractivity contribution in [2.45, 2.75) is 31.3 Å². The molecule has 1 aromatic rings. The number of benzene rings is 1. The number of nitrogens with two attached hydrogens (primary N) is 1. The van der Waals surface area contributed by atoms with Gasteiger partial charge in [0, 0.05) is 0 Å². The maximum absolute atomic E-state index is 11.7. The second kappa shape index (κ2) is 6.72. The molecule has 6 heteroatoms. The van der Waals surface area contributed by atoms with Crippen LogP contribution in [0.4, 0.5) is 0 Å². The minimum Gasteiger partial charge on any atom is -0.491 e. The number of ether oxygens (including phenoxy) is 1. The first-order chi connectivity index (χ1) is 8.45. The van der Waals surface area contributed by atoms with Crippen LogP contribution in [0.5, 0.6) is 5.75 Å². The van der Waals surface area contributed by atoms with Crippen molar-refractivity contribution in [3.8, 4) is 5.75 Å². The van der Waals surface area contributed by atoms with Crippen molar-refractivity contribution in [2.75, 3.05) is 13.2 Å². The highest BCUT2D eigenvalue weighted by Gasteiger charge is 2.14. The van der Waals surface area contributed by atoms with E-state index in [1.807, 2.05) is 13.8 Å². The van der Waals surface area contributed by atoms with Gasteiger partial charge >= 0.3 is 0 Å². The summed E-state index contributed by atoms with van der Waals surface area (Å²) in [6.45, 7) is 4.31. The van der Waals surface area contributed by atoms with Crippen molar-refractivity contribution in [2.24, 2.45) is 5.73 Å². The van der Waals surface area contributed by atoms with Crippen LogP contribution in [0, 0.1) is 0 Å². The average Bonchev–Trinajstić information content (AvgIpc) is 2.29. The van der Waals surface area contributed by atoms with Gasteiger partial charge in [-0.25, -0.2) is 0 Å². The molecule has 0 fully saturated rings. The van der Waals surface area contributed by atoms with E-state index in [1.54, 1.807) is 12.1 Å². The van der Waals surface area contributed by atoms with Crippen LogP contribution in [0.1, 0.15) is 20.3 Å². The zero-order valence-electron chi connectivity index (χ0n) is 10.6. The standard InChI is InChI=1S/C12H19NO4S/c1-10(2)17-11-4-6-12(7-5-11)18(14,15)16-9-3-8-13/h4-7,10H,3,8-9,13H2,1-2H3. The minimum absolute atomic E-state index is 0.0493. The van der Waals surface area contributed by atoms with Crippen molar-refractivity contribution in [1.29, 1.82) is 0 Å². The van der Waals surface area contributed by atoms with E-state index in [2.05, 4.69) is 0 Å². The van der Waals surface area contributed by atoms with E-state index in [1.165, 1.54) is 12.1 Å². The Balaban J connectivity index is 2.71. The Morgan fingerprint density at radius 1 is 1.22 bits per heavy atom. The van der Waals surface area contributed by atoms with Gasteiger partial charge in [0.2, 0.25) is 0 Å². The number of hydrogen-bond acceptors (Lipinski definition) is 5. The molecule has 0 saturated carbocycles. The Bertz CT molecular complexity index is 453. The van der Waals surface area contributed by atoms with Crippen LogP contribution in [-0.2, 0) is 14.3 Å². The zero-order valence-corrected chi connectivity index (χ0v) is 11.4. The third-order valence-corrected chi connectivity index (χ3v) is 3.40.